The van der Waals surface area contributed by atoms with Crippen molar-refractivity contribution < 1.29 is 14.5 Å². The summed E-state index contributed by atoms with van der Waals surface area (Å²) in [6.45, 7) is 6.11. The number of carbonyl (C=O) groups excluding carboxylic acids is 2. The summed E-state index contributed by atoms with van der Waals surface area (Å²) in [7, 11) is 0. The van der Waals surface area contributed by atoms with E-state index in [4.69, 9.17) is 0 Å². The van der Waals surface area contributed by atoms with E-state index in [-0.39, 0.29) is 17.3 Å². The fraction of sp³-hybridized carbons (Fsp3) is 0.207. The van der Waals surface area contributed by atoms with Crippen LogP contribution < -0.4 is 5.43 Å². The van der Waals surface area contributed by atoms with Gasteiger partial charge in [0.05, 0.1) is 10.8 Å². The van der Waals surface area contributed by atoms with Crippen LogP contribution in [-0.4, -0.2) is 27.6 Å². The van der Waals surface area contributed by atoms with Gasteiger partial charge in [0.25, 0.3) is 11.6 Å². The standard InChI is InChI=1S/C29H28N4O4/c1-19(2)17-21-9-13-23(14-10-21)20(3)28(34)31-32-27(24-7-5-4-6-8-24)30-26(29(32)35)18-22-11-15-25(16-12-22)33(36)37/h4-16,18-20H,17H2,1-3H3,(H,31,34)/b26-18+. The number of nitro groups is 1. The van der Waals surface area contributed by atoms with Gasteiger partial charge in [-0.1, -0.05) is 68.4 Å². The molecule has 0 aliphatic carbocycles. The lowest BCUT2D eigenvalue weighted by atomic mass is 9.96. The van der Waals surface area contributed by atoms with Crippen molar-refractivity contribution in [1.82, 2.24) is 10.4 Å². The normalized spacial score (nSPS) is 15.1. The Labute approximate surface area is 215 Å². The number of amidine groups is 1. The number of hydrazine groups is 1. The Hall–Kier alpha value is -4.59. The van der Waals surface area contributed by atoms with Gasteiger partial charge in [0.1, 0.15) is 5.70 Å². The zero-order chi connectivity index (χ0) is 26.5. The Balaban J connectivity index is 1.58. The van der Waals surface area contributed by atoms with Crippen LogP contribution in [0.3, 0.4) is 0 Å². The summed E-state index contributed by atoms with van der Waals surface area (Å²) in [5.41, 5.74) is 6.10. The SMILES string of the molecule is CC(C)Cc1ccc(C(C)C(=O)NN2C(=O)/C(=C\c3ccc([N+](=O)[O-])cc3)N=C2c2ccccc2)cc1. The van der Waals surface area contributed by atoms with Crippen LogP contribution in [0.25, 0.3) is 6.08 Å². The molecule has 3 aromatic rings. The molecule has 0 fully saturated rings. The number of nitro benzene ring substituents is 1. The van der Waals surface area contributed by atoms with E-state index in [0.717, 1.165) is 12.0 Å². The second kappa shape index (κ2) is 11.0. The molecule has 1 aliphatic heterocycles. The lowest BCUT2D eigenvalue weighted by Crippen LogP contribution is -2.48. The van der Waals surface area contributed by atoms with Crippen molar-refractivity contribution in [1.29, 1.82) is 0 Å². The van der Waals surface area contributed by atoms with Gasteiger partial charge in [-0.3, -0.25) is 25.1 Å². The highest BCUT2D eigenvalue weighted by Gasteiger charge is 2.33. The van der Waals surface area contributed by atoms with E-state index >= 15 is 0 Å². The predicted octanol–water partition coefficient (Wildman–Crippen LogP) is 5.26. The smallest absolute Gasteiger partial charge is 0.273 e. The third-order valence-corrected chi connectivity index (χ3v) is 6.04. The molecule has 4 rings (SSSR count). The molecular formula is C29H28N4O4. The molecule has 8 heteroatoms. The quantitative estimate of drug-likeness (QED) is 0.261. The second-order valence-electron chi connectivity index (χ2n) is 9.36. The lowest BCUT2D eigenvalue weighted by Gasteiger charge is -2.22. The van der Waals surface area contributed by atoms with Gasteiger partial charge < -0.3 is 0 Å². The maximum absolute atomic E-state index is 13.3. The van der Waals surface area contributed by atoms with E-state index < -0.39 is 16.7 Å². The fourth-order valence-electron chi connectivity index (χ4n) is 4.02. The maximum Gasteiger partial charge on any atom is 0.297 e. The lowest BCUT2D eigenvalue weighted by molar-refractivity contribution is -0.384. The molecule has 1 aliphatic rings. The molecule has 0 radical (unpaired) electrons. The van der Waals surface area contributed by atoms with Gasteiger partial charge in [-0.15, -0.1) is 0 Å². The first-order valence-electron chi connectivity index (χ1n) is 12.1. The van der Waals surface area contributed by atoms with E-state index in [0.29, 0.717) is 22.9 Å². The van der Waals surface area contributed by atoms with E-state index in [9.17, 15) is 19.7 Å². The molecule has 0 saturated carbocycles. The summed E-state index contributed by atoms with van der Waals surface area (Å²) in [5, 5.41) is 12.1. The zero-order valence-corrected chi connectivity index (χ0v) is 20.9. The molecule has 188 valence electrons. The second-order valence-corrected chi connectivity index (χ2v) is 9.36. The maximum atomic E-state index is 13.3. The summed E-state index contributed by atoms with van der Waals surface area (Å²) in [6.07, 6.45) is 2.50. The minimum atomic E-state index is -0.499. The number of nitrogens with one attached hydrogen (secondary N) is 1. The van der Waals surface area contributed by atoms with Gasteiger partial charge in [-0.2, -0.15) is 5.01 Å². The van der Waals surface area contributed by atoms with Crippen molar-refractivity contribution in [2.75, 3.05) is 0 Å². The van der Waals surface area contributed by atoms with E-state index in [1.54, 1.807) is 31.2 Å². The van der Waals surface area contributed by atoms with Crippen molar-refractivity contribution >= 4 is 29.4 Å². The van der Waals surface area contributed by atoms with E-state index in [1.807, 2.05) is 42.5 Å². The monoisotopic (exact) mass is 496 g/mol. The molecule has 0 aromatic heterocycles. The molecule has 2 amide bonds. The van der Waals surface area contributed by atoms with Gasteiger partial charge in [0, 0.05) is 17.7 Å². The van der Waals surface area contributed by atoms with Gasteiger partial charge in [-0.25, -0.2) is 4.99 Å². The summed E-state index contributed by atoms with van der Waals surface area (Å²) in [4.78, 5) is 41.5. The minimum Gasteiger partial charge on any atom is -0.273 e. The van der Waals surface area contributed by atoms with Gasteiger partial charge >= 0.3 is 0 Å². The van der Waals surface area contributed by atoms with Crippen LogP contribution in [0, 0.1) is 16.0 Å². The van der Waals surface area contributed by atoms with Crippen LogP contribution in [0.15, 0.2) is 89.6 Å². The minimum absolute atomic E-state index is 0.0477. The number of carbonyl (C=O) groups is 2. The number of hydrogen-bond donors (Lipinski definition) is 1. The van der Waals surface area contributed by atoms with Crippen molar-refractivity contribution in [3.05, 3.63) is 117 Å². The van der Waals surface area contributed by atoms with Gasteiger partial charge in [0.15, 0.2) is 5.84 Å². The number of hydrogen-bond acceptors (Lipinski definition) is 5. The number of amides is 2. The number of benzene rings is 3. The van der Waals surface area contributed by atoms with Gasteiger partial charge in [-0.05, 0) is 54.2 Å². The zero-order valence-electron chi connectivity index (χ0n) is 20.9. The summed E-state index contributed by atoms with van der Waals surface area (Å²) >= 11 is 0. The molecule has 3 aromatic carbocycles. The molecule has 1 heterocycles. The summed E-state index contributed by atoms with van der Waals surface area (Å²) in [5.74, 6) is -0.501. The van der Waals surface area contributed by atoms with Gasteiger partial charge in [0.2, 0.25) is 5.91 Å². The highest BCUT2D eigenvalue weighted by molar-refractivity contribution is 6.20. The van der Waals surface area contributed by atoms with Crippen LogP contribution in [0.5, 0.6) is 0 Å². The van der Waals surface area contributed by atoms with Crippen LogP contribution in [0.4, 0.5) is 5.69 Å². The molecular weight excluding hydrogens is 468 g/mol. The fourth-order valence-corrected chi connectivity index (χ4v) is 4.02. The number of non-ortho nitro benzene ring substituents is 1. The molecule has 1 atom stereocenters. The van der Waals surface area contributed by atoms with Crippen LogP contribution in [-0.2, 0) is 16.0 Å². The third kappa shape index (κ3) is 5.98. The third-order valence-electron chi connectivity index (χ3n) is 6.04. The summed E-state index contributed by atoms with van der Waals surface area (Å²) in [6, 6.07) is 22.9. The molecule has 0 spiro atoms. The first-order chi connectivity index (χ1) is 17.7. The van der Waals surface area contributed by atoms with Crippen LogP contribution in [0.1, 0.15) is 48.9 Å². The predicted molar refractivity (Wildman–Crippen MR) is 142 cm³/mol. The van der Waals surface area contributed by atoms with Crippen molar-refractivity contribution in [2.45, 2.75) is 33.1 Å². The summed E-state index contributed by atoms with van der Waals surface area (Å²) < 4.78 is 0. The average Bonchev–Trinajstić information content (AvgIpc) is 3.19. The van der Waals surface area contributed by atoms with Crippen molar-refractivity contribution in [3.63, 3.8) is 0 Å². The molecule has 37 heavy (non-hydrogen) atoms. The molecule has 8 nitrogen and oxygen atoms in total. The number of aliphatic imine (C=N–C) groups is 1. The molecule has 0 saturated heterocycles. The molecule has 1 N–H and O–H groups in total. The first-order valence-corrected chi connectivity index (χ1v) is 12.1. The Morgan fingerprint density at radius 3 is 2.24 bits per heavy atom. The van der Waals surface area contributed by atoms with Crippen LogP contribution in [0.2, 0.25) is 0 Å². The highest BCUT2D eigenvalue weighted by Crippen LogP contribution is 2.23. The van der Waals surface area contributed by atoms with Crippen LogP contribution >= 0.6 is 0 Å². The van der Waals surface area contributed by atoms with E-state index in [1.165, 1.54) is 28.8 Å². The van der Waals surface area contributed by atoms with E-state index in [2.05, 4.69) is 24.3 Å². The Morgan fingerprint density at radius 2 is 1.65 bits per heavy atom. The highest BCUT2D eigenvalue weighted by atomic mass is 16.6. The Morgan fingerprint density at radius 1 is 1.00 bits per heavy atom. The Kier molecular flexibility index (Phi) is 7.57. The largest absolute Gasteiger partial charge is 0.297 e. The first kappa shape index (κ1) is 25.5. The van der Waals surface area contributed by atoms with Crippen molar-refractivity contribution in [3.8, 4) is 0 Å². The molecule has 1 unspecified atom stereocenters. The average molecular weight is 497 g/mol. The number of nitrogens with zero attached hydrogens (tertiary/aromatic N) is 3. The topological polar surface area (TPSA) is 105 Å². The Bertz CT molecular complexity index is 1360. The molecule has 0 bridgehead atoms. The van der Waals surface area contributed by atoms with Crippen molar-refractivity contribution in [2.24, 2.45) is 10.9 Å². The number of rotatable bonds is 8.